The second-order valence-corrected chi connectivity index (χ2v) is 8.97. The summed E-state index contributed by atoms with van der Waals surface area (Å²) in [6.07, 6.45) is 8.67. The summed E-state index contributed by atoms with van der Waals surface area (Å²) in [6.45, 7) is 0. The lowest BCUT2D eigenvalue weighted by Crippen LogP contribution is -2.48. The smallest absolute Gasteiger partial charge is 0.337 e. The van der Waals surface area contributed by atoms with Crippen molar-refractivity contribution in [2.24, 2.45) is 17.8 Å². The molecule has 4 aliphatic carbocycles. The van der Waals surface area contributed by atoms with Crippen molar-refractivity contribution < 1.29 is 9.53 Å². The molecule has 4 bridgehead atoms. The zero-order valence-electron chi connectivity index (χ0n) is 15.9. The van der Waals surface area contributed by atoms with Gasteiger partial charge in [0, 0.05) is 11.4 Å². The van der Waals surface area contributed by atoms with Crippen LogP contribution < -0.4 is 5.32 Å². The maximum absolute atomic E-state index is 11.5. The van der Waals surface area contributed by atoms with Crippen molar-refractivity contribution in [3.05, 3.63) is 59.7 Å². The Hall–Kier alpha value is -2.29. The van der Waals surface area contributed by atoms with E-state index in [0.717, 1.165) is 29.1 Å². The first-order valence-corrected chi connectivity index (χ1v) is 10.2. The van der Waals surface area contributed by atoms with Gasteiger partial charge in [0.05, 0.1) is 12.7 Å². The predicted octanol–water partition coefficient (Wildman–Crippen LogP) is 5.68. The molecule has 1 N–H and O–H groups in total. The predicted molar refractivity (Wildman–Crippen MR) is 107 cm³/mol. The van der Waals surface area contributed by atoms with E-state index in [4.69, 9.17) is 4.74 Å². The Morgan fingerprint density at radius 3 is 1.81 bits per heavy atom. The van der Waals surface area contributed by atoms with E-state index in [2.05, 4.69) is 29.6 Å². The average molecular weight is 361 g/mol. The Morgan fingerprint density at radius 1 is 0.852 bits per heavy atom. The van der Waals surface area contributed by atoms with Crippen LogP contribution in [0.4, 0.5) is 11.4 Å². The van der Waals surface area contributed by atoms with E-state index in [-0.39, 0.29) is 5.97 Å². The fourth-order valence-electron chi connectivity index (χ4n) is 6.35. The van der Waals surface area contributed by atoms with Crippen molar-refractivity contribution in [1.29, 1.82) is 0 Å². The standard InChI is InChI=1S/C24H27NO2/c1-27-23(26)19-2-6-21(7-3-19)25-22-8-4-20(5-9-22)24-13-16-10-17(14-24)12-18(11-16)15-24/h2-9,16-18,25H,10-15H2,1H3. The van der Waals surface area contributed by atoms with Gasteiger partial charge in [-0.2, -0.15) is 0 Å². The Morgan fingerprint density at radius 2 is 1.33 bits per heavy atom. The number of esters is 1. The minimum Gasteiger partial charge on any atom is -0.465 e. The van der Waals surface area contributed by atoms with Crippen molar-refractivity contribution in [3.63, 3.8) is 0 Å². The fourth-order valence-corrected chi connectivity index (χ4v) is 6.35. The molecule has 3 heteroatoms. The van der Waals surface area contributed by atoms with Gasteiger partial charge in [-0.05, 0) is 104 Å². The minimum absolute atomic E-state index is 0.304. The number of hydrogen-bond acceptors (Lipinski definition) is 3. The molecule has 0 aromatic heterocycles. The third-order valence-electron chi connectivity index (χ3n) is 7.13. The molecule has 2 aromatic carbocycles. The molecule has 27 heavy (non-hydrogen) atoms. The lowest BCUT2D eigenvalue weighted by Gasteiger charge is -2.57. The lowest BCUT2D eigenvalue weighted by molar-refractivity contribution is -0.00518. The normalized spacial score (nSPS) is 30.9. The highest BCUT2D eigenvalue weighted by Crippen LogP contribution is 2.60. The van der Waals surface area contributed by atoms with Crippen molar-refractivity contribution in [2.75, 3.05) is 12.4 Å². The summed E-state index contributed by atoms with van der Waals surface area (Å²) in [4.78, 5) is 11.5. The molecule has 0 aliphatic heterocycles. The van der Waals surface area contributed by atoms with E-state index in [1.54, 1.807) is 17.7 Å². The number of methoxy groups -OCH3 is 1. The Balaban J connectivity index is 1.31. The molecule has 0 atom stereocenters. The van der Waals surface area contributed by atoms with Gasteiger partial charge >= 0.3 is 5.97 Å². The number of carbonyl (C=O) groups is 1. The molecule has 0 spiro atoms. The number of hydrogen-bond donors (Lipinski definition) is 1. The summed E-state index contributed by atoms with van der Waals surface area (Å²) in [6, 6.07) is 16.5. The summed E-state index contributed by atoms with van der Waals surface area (Å²) in [5.74, 6) is 2.62. The van der Waals surface area contributed by atoms with Crippen LogP contribution in [0.5, 0.6) is 0 Å². The third kappa shape index (κ3) is 3.03. The molecule has 4 saturated carbocycles. The Kier molecular flexibility index (Phi) is 3.99. The van der Waals surface area contributed by atoms with E-state index < -0.39 is 0 Å². The third-order valence-corrected chi connectivity index (χ3v) is 7.13. The summed E-state index contributed by atoms with van der Waals surface area (Å²) >= 11 is 0. The summed E-state index contributed by atoms with van der Waals surface area (Å²) in [7, 11) is 1.40. The molecule has 4 aliphatic rings. The number of rotatable bonds is 4. The van der Waals surface area contributed by atoms with E-state index in [9.17, 15) is 4.79 Å². The number of anilines is 2. The van der Waals surface area contributed by atoms with Gasteiger partial charge in [-0.15, -0.1) is 0 Å². The van der Waals surface area contributed by atoms with Gasteiger partial charge in [-0.3, -0.25) is 0 Å². The van der Waals surface area contributed by atoms with Crippen LogP contribution in [0.2, 0.25) is 0 Å². The van der Waals surface area contributed by atoms with E-state index in [1.807, 2.05) is 12.1 Å². The first-order chi connectivity index (χ1) is 13.1. The zero-order chi connectivity index (χ0) is 18.4. The van der Waals surface area contributed by atoms with E-state index >= 15 is 0 Å². The summed E-state index contributed by atoms with van der Waals surface area (Å²) in [5.41, 5.74) is 4.64. The molecule has 4 fully saturated rings. The van der Waals surface area contributed by atoms with Gasteiger partial charge in [0.25, 0.3) is 0 Å². The minimum atomic E-state index is -0.304. The van der Waals surface area contributed by atoms with Crippen LogP contribution in [-0.4, -0.2) is 13.1 Å². The first kappa shape index (κ1) is 16.9. The first-order valence-electron chi connectivity index (χ1n) is 10.2. The number of ether oxygens (including phenoxy) is 1. The molecule has 6 rings (SSSR count). The van der Waals surface area contributed by atoms with Crippen molar-refractivity contribution in [3.8, 4) is 0 Å². The quantitative estimate of drug-likeness (QED) is 0.712. The summed E-state index contributed by atoms with van der Waals surface area (Å²) < 4.78 is 4.75. The Labute approximate surface area is 161 Å². The highest BCUT2D eigenvalue weighted by atomic mass is 16.5. The molecule has 140 valence electrons. The van der Waals surface area contributed by atoms with Crippen molar-refractivity contribution >= 4 is 17.3 Å². The number of carbonyl (C=O) groups excluding carboxylic acids is 1. The molecule has 2 aromatic rings. The molecule has 0 heterocycles. The lowest BCUT2D eigenvalue weighted by atomic mass is 9.48. The van der Waals surface area contributed by atoms with E-state index in [1.165, 1.54) is 45.6 Å². The van der Waals surface area contributed by atoms with Gasteiger partial charge in [0.1, 0.15) is 0 Å². The van der Waals surface area contributed by atoms with Crippen LogP contribution in [0.25, 0.3) is 0 Å². The van der Waals surface area contributed by atoms with Gasteiger partial charge in [0.15, 0.2) is 0 Å². The highest BCUT2D eigenvalue weighted by Gasteiger charge is 2.51. The van der Waals surface area contributed by atoms with Crippen molar-refractivity contribution in [2.45, 2.75) is 43.9 Å². The van der Waals surface area contributed by atoms with Crippen LogP contribution in [0, 0.1) is 17.8 Å². The summed E-state index contributed by atoms with van der Waals surface area (Å²) in [5, 5.41) is 3.44. The monoisotopic (exact) mass is 361 g/mol. The number of nitrogens with one attached hydrogen (secondary N) is 1. The SMILES string of the molecule is COC(=O)c1ccc(Nc2ccc(C34CC5CC(CC(C5)C3)C4)cc2)cc1. The van der Waals surface area contributed by atoms with Crippen molar-refractivity contribution in [1.82, 2.24) is 0 Å². The second kappa shape index (κ2) is 6.40. The maximum atomic E-state index is 11.5. The molecule has 0 saturated heterocycles. The van der Waals surface area contributed by atoms with Crippen LogP contribution in [-0.2, 0) is 10.2 Å². The number of benzene rings is 2. The van der Waals surface area contributed by atoms with Gasteiger partial charge in [-0.1, -0.05) is 12.1 Å². The van der Waals surface area contributed by atoms with Gasteiger partial charge < -0.3 is 10.1 Å². The molecule has 0 radical (unpaired) electrons. The molecule has 3 nitrogen and oxygen atoms in total. The maximum Gasteiger partial charge on any atom is 0.337 e. The highest BCUT2D eigenvalue weighted by molar-refractivity contribution is 5.89. The fraction of sp³-hybridized carbons (Fsp3) is 0.458. The topological polar surface area (TPSA) is 38.3 Å². The Bertz CT molecular complexity index is 802. The van der Waals surface area contributed by atoms with E-state index in [0.29, 0.717) is 11.0 Å². The van der Waals surface area contributed by atoms with Crippen LogP contribution in [0.15, 0.2) is 48.5 Å². The molecule has 0 amide bonds. The zero-order valence-corrected chi connectivity index (χ0v) is 15.9. The molecular weight excluding hydrogens is 334 g/mol. The molecular formula is C24H27NO2. The largest absolute Gasteiger partial charge is 0.465 e. The van der Waals surface area contributed by atoms with Gasteiger partial charge in [-0.25, -0.2) is 4.79 Å². The second-order valence-electron chi connectivity index (χ2n) is 8.97. The van der Waals surface area contributed by atoms with Crippen LogP contribution in [0.3, 0.4) is 0 Å². The average Bonchev–Trinajstić information content (AvgIpc) is 2.67. The van der Waals surface area contributed by atoms with Crippen LogP contribution >= 0.6 is 0 Å². The van der Waals surface area contributed by atoms with Gasteiger partial charge in [0.2, 0.25) is 0 Å². The molecule has 0 unspecified atom stereocenters. The van der Waals surface area contributed by atoms with Crippen LogP contribution in [0.1, 0.15) is 54.4 Å².